The van der Waals surface area contributed by atoms with Crippen LogP contribution in [-0.2, 0) is 18.4 Å². The zero-order valence-corrected chi connectivity index (χ0v) is 11.2. The summed E-state index contributed by atoms with van der Waals surface area (Å²) in [5.74, 6) is 0.273. The number of anilines is 1. The van der Waals surface area contributed by atoms with Crippen molar-refractivity contribution in [1.29, 1.82) is 0 Å². The van der Waals surface area contributed by atoms with Gasteiger partial charge in [0.1, 0.15) is 11.3 Å². The second-order valence-corrected chi connectivity index (χ2v) is 3.96. The molecule has 0 saturated carbocycles. The maximum atomic E-state index is 11.8. The summed E-state index contributed by atoms with van der Waals surface area (Å²) in [7, 11) is 1.65. The van der Waals surface area contributed by atoms with Gasteiger partial charge in [0.15, 0.2) is 6.61 Å². The lowest BCUT2D eigenvalue weighted by atomic mass is 10.2. The minimum atomic E-state index is -0.463. The van der Waals surface area contributed by atoms with Crippen LogP contribution in [-0.4, -0.2) is 32.8 Å². The molecule has 0 amide bonds. The number of nitrogen functional groups attached to an aromatic ring is 1. The fourth-order valence-corrected chi connectivity index (χ4v) is 1.56. The molecule has 106 valence electrons. The number of nitrogens with two attached hydrogens (primary N) is 1. The Labute approximate surface area is 115 Å². The third kappa shape index (κ3) is 3.22. The molecule has 0 atom stereocenters. The van der Waals surface area contributed by atoms with Crippen molar-refractivity contribution in [1.82, 2.24) is 20.2 Å². The van der Waals surface area contributed by atoms with Gasteiger partial charge in [0.05, 0.1) is 13.7 Å². The van der Waals surface area contributed by atoms with E-state index in [-0.39, 0.29) is 13.2 Å². The van der Waals surface area contributed by atoms with Crippen molar-refractivity contribution in [3.05, 3.63) is 29.6 Å². The number of esters is 1. The fraction of sp³-hybridized carbons (Fsp3) is 0.333. The summed E-state index contributed by atoms with van der Waals surface area (Å²) in [6.45, 7) is 2.11. The Morgan fingerprint density at radius 1 is 1.45 bits per heavy atom. The third-order valence-electron chi connectivity index (χ3n) is 2.41. The lowest BCUT2D eigenvalue weighted by molar-refractivity contribution is 0.0521. The highest BCUT2D eigenvalue weighted by Crippen LogP contribution is 2.23. The van der Waals surface area contributed by atoms with Gasteiger partial charge in [-0.05, 0) is 24.3 Å². The predicted octanol–water partition coefficient (Wildman–Crippen LogP) is 0.548. The second kappa shape index (κ2) is 6.00. The molecule has 0 aliphatic heterocycles. The zero-order valence-electron chi connectivity index (χ0n) is 11.2. The Hall–Kier alpha value is -2.64. The van der Waals surface area contributed by atoms with Gasteiger partial charge < -0.3 is 15.2 Å². The second-order valence-electron chi connectivity index (χ2n) is 3.96. The van der Waals surface area contributed by atoms with E-state index in [0.717, 1.165) is 0 Å². The Morgan fingerprint density at radius 2 is 2.25 bits per heavy atom. The molecule has 0 bridgehead atoms. The van der Waals surface area contributed by atoms with Gasteiger partial charge in [0, 0.05) is 11.8 Å². The third-order valence-corrected chi connectivity index (χ3v) is 2.41. The number of aryl methyl sites for hydroxylation is 1. The maximum absolute atomic E-state index is 11.8. The summed E-state index contributed by atoms with van der Waals surface area (Å²) < 4.78 is 10.5. The van der Waals surface area contributed by atoms with Gasteiger partial charge in [-0.15, -0.1) is 10.2 Å². The van der Waals surface area contributed by atoms with Crippen molar-refractivity contribution in [3.8, 4) is 5.75 Å². The first-order chi connectivity index (χ1) is 9.60. The lowest BCUT2D eigenvalue weighted by Gasteiger charge is -2.10. The monoisotopic (exact) mass is 277 g/mol. The van der Waals surface area contributed by atoms with Crippen molar-refractivity contribution in [2.75, 3.05) is 12.3 Å². The van der Waals surface area contributed by atoms with E-state index in [2.05, 4.69) is 15.4 Å². The van der Waals surface area contributed by atoms with E-state index in [1.54, 1.807) is 32.2 Å². The average Bonchev–Trinajstić information content (AvgIpc) is 2.82. The summed E-state index contributed by atoms with van der Waals surface area (Å²) in [5.41, 5.74) is 6.49. The van der Waals surface area contributed by atoms with E-state index < -0.39 is 5.97 Å². The summed E-state index contributed by atoms with van der Waals surface area (Å²) in [5, 5.41) is 11.5. The van der Waals surface area contributed by atoms with E-state index >= 15 is 0 Å². The van der Waals surface area contributed by atoms with Crippen LogP contribution in [0.5, 0.6) is 5.75 Å². The first kappa shape index (κ1) is 13.8. The molecule has 0 aliphatic rings. The summed E-state index contributed by atoms with van der Waals surface area (Å²) in [6, 6.07) is 4.73. The van der Waals surface area contributed by atoms with Gasteiger partial charge in [0.2, 0.25) is 5.82 Å². The van der Waals surface area contributed by atoms with E-state index in [1.807, 2.05) is 0 Å². The number of tetrazole rings is 1. The number of rotatable bonds is 5. The first-order valence-electron chi connectivity index (χ1n) is 6.02. The largest absolute Gasteiger partial charge is 0.484 e. The van der Waals surface area contributed by atoms with Crippen LogP contribution in [0.15, 0.2) is 18.2 Å². The van der Waals surface area contributed by atoms with Gasteiger partial charge in [-0.2, -0.15) is 4.80 Å². The molecule has 0 unspecified atom stereocenters. The van der Waals surface area contributed by atoms with E-state index in [1.165, 1.54) is 4.80 Å². The first-order valence-corrected chi connectivity index (χ1v) is 6.02. The number of hydrogen-bond acceptors (Lipinski definition) is 7. The van der Waals surface area contributed by atoms with Crippen LogP contribution >= 0.6 is 0 Å². The molecule has 0 saturated heterocycles. The Balaban J connectivity index is 2.16. The summed E-state index contributed by atoms with van der Waals surface area (Å²) in [4.78, 5) is 13.1. The zero-order chi connectivity index (χ0) is 14.5. The summed E-state index contributed by atoms with van der Waals surface area (Å²) >= 11 is 0. The van der Waals surface area contributed by atoms with Crippen molar-refractivity contribution in [2.45, 2.75) is 13.5 Å². The number of hydrogen-bond donors (Lipinski definition) is 1. The van der Waals surface area contributed by atoms with Gasteiger partial charge in [-0.1, -0.05) is 0 Å². The van der Waals surface area contributed by atoms with Crippen LogP contribution in [0, 0.1) is 0 Å². The molecular weight excluding hydrogens is 262 g/mol. The normalized spacial score (nSPS) is 10.3. The highest BCUT2D eigenvalue weighted by molar-refractivity contribution is 5.93. The molecule has 8 nitrogen and oxygen atoms in total. The van der Waals surface area contributed by atoms with Gasteiger partial charge in [0.25, 0.3) is 0 Å². The number of carbonyl (C=O) groups excluding carboxylic acids is 1. The predicted molar refractivity (Wildman–Crippen MR) is 69.9 cm³/mol. The van der Waals surface area contributed by atoms with Crippen LogP contribution in [0.25, 0.3) is 0 Å². The van der Waals surface area contributed by atoms with Gasteiger partial charge >= 0.3 is 5.97 Å². The molecule has 1 aromatic heterocycles. The van der Waals surface area contributed by atoms with E-state index in [4.69, 9.17) is 15.2 Å². The van der Waals surface area contributed by atoms with Crippen LogP contribution in [0.4, 0.5) is 5.69 Å². The molecule has 8 heteroatoms. The van der Waals surface area contributed by atoms with Crippen LogP contribution < -0.4 is 10.5 Å². The molecule has 0 aliphatic carbocycles. The lowest BCUT2D eigenvalue weighted by Crippen LogP contribution is -2.09. The van der Waals surface area contributed by atoms with Crippen molar-refractivity contribution in [3.63, 3.8) is 0 Å². The molecular formula is C12H15N5O3. The van der Waals surface area contributed by atoms with Crippen molar-refractivity contribution >= 4 is 11.7 Å². The van der Waals surface area contributed by atoms with E-state index in [9.17, 15) is 4.79 Å². The number of nitrogens with zero attached hydrogens (tertiary/aromatic N) is 4. The molecule has 2 aromatic rings. The number of ether oxygens (including phenoxy) is 2. The average molecular weight is 277 g/mol. The highest BCUT2D eigenvalue weighted by Gasteiger charge is 2.15. The minimum absolute atomic E-state index is 0.0870. The Bertz CT molecular complexity index is 611. The fourth-order valence-electron chi connectivity index (χ4n) is 1.56. The summed E-state index contributed by atoms with van der Waals surface area (Å²) in [6.07, 6.45) is 0. The molecule has 20 heavy (non-hydrogen) atoms. The standard InChI is InChI=1S/C12H15N5O3/c1-3-19-12(18)9-5-4-8(13)6-10(9)20-7-11-14-16-17(2)15-11/h4-6H,3,7,13H2,1-2H3. The Morgan fingerprint density at radius 3 is 2.90 bits per heavy atom. The van der Waals surface area contributed by atoms with Gasteiger partial charge in [-0.3, -0.25) is 0 Å². The number of aromatic nitrogens is 4. The van der Waals surface area contributed by atoms with Crippen LogP contribution in [0.3, 0.4) is 0 Å². The Kier molecular flexibility index (Phi) is 4.14. The highest BCUT2D eigenvalue weighted by atomic mass is 16.5. The van der Waals surface area contributed by atoms with Crippen molar-refractivity contribution in [2.24, 2.45) is 7.05 Å². The topological polar surface area (TPSA) is 105 Å². The van der Waals surface area contributed by atoms with Crippen molar-refractivity contribution < 1.29 is 14.3 Å². The number of benzene rings is 1. The van der Waals surface area contributed by atoms with Gasteiger partial charge in [-0.25, -0.2) is 4.79 Å². The molecule has 2 N–H and O–H groups in total. The smallest absolute Gasteiger partial charge is 0.341 e. The van der Waals surface area contributed by atoms with Crippen LogP contribution in [0.1, 0.15) is 23.1 Å². The molecule has 0 spiro atoms. The molecule has 1 aromatic carbocycles. The maximum Gasteiger partial charge on any atom is 0.341 e. The van der Waals surface area contributed by atoms with Crippen LogP contribution in [0.2, 0.25) is 0 Å². The molecule has 1 heterocycles. The van der Waals surface area contributed by atoms with E-state index in [0.29, 0.717) is 22.8 Å². The number of carbonyl (C=O) groups is 1. The molecule has 0 fully saturated rings. The minimum Gasteiger partial charge on any atom is -0.484 e. The molecule has 0 radical (unpaired) electrons. The SMILES string of the molecule is CCOC(=O)c1ccc(N)cc1OCc1nnn(C)n1. The molecule has 2 rings (SSSR count). The quantitative estimate of drug-likeness (QED) is 0.628.